The van der Waals surface area contributed by atoms with Gasteiger partial charge in [0.05, 0.1) is 22.6 Å². The Kier molecular flexibility index (Phi) is 4.84. The first kappa shape index (κ1) is 18.9. The lowest BCUT2D eigenvalue weighted by molar-refractivity contribution is 0.00578. The summed E-state index contributed by atoms with van der Waals surface area (Å²) in [5, 5.41) is 4.64. The van der Waals surface area contributed by atoms with Crippen molar-refractivity contribution in [1.82, 2.24) is 9.78 Å². The Morgan fingerprint density at radius 2 is 1.69 bits per heavy atom. The third-order valence-corrected chi connectivity index (χ3v) is 5.09. The van der Waals surface area contributed by atoms with Crippen LogP contribution in [0.25, 0.3) is 17.3 Å². The van der Waals surface area contributed by atoms with Crippen molar-refractivity contribution in [1.29, 1.82) is 0 Å². The van der Waals surface area contributed by atoms with Gasteiger partial charge in [-0.3, -0.25) is 4.68 Å². The summed E-state index contributed by atoms with van der Waals surface area (Å²) in [5.41, 5.74) is 0.896. The number of halogens is 1. The zero-order chi connectivity index (χ0) is 19.1. The molecule has 4 nitrogen and oxygen atoms in total. The fourth-order valence-corrected chi connectivity index (χ4v) is 2.85. The number of aromatic nitrogens is 2. The molecular formula is C20H26BFN2O2. The molecule has 2 aromatic rings. The second-order valence-corrected chi connectivity index (χ2v) is 7.98. The van der Waals surface area contributed by atoms with Crippen molar-refractivity contribution in [2.45, 2.75) is 58.8 Å². The standard InChI is InChI=1S/C20H26BFN2O2/c1-14(2)24-16(12-17(23-24)15-10-8-7-9-11-15)13-18(22)21-25-19(3,4)20(5,6)26-21/h7-14H,1-6H3. The molecule has 0 radical (unpaired) electrons. The van der Waals surface area contributed by atoms with E-state index in [1.807, 2.05) is 82.6 Å². The average molecular weight is 356 g/mol. The van der Waals surface area contributed by atoms with Crippen LogP contribution in [0.4, 0.5) is 4.39 Å². The molecule has 6 heteroatoms. The van der Waals surface area contributed by atoms with Crippen molar-refractivity contribution in [3.05, 3.63) is 47.8 Å². The van der Waals surface area contributed by atoms with Crippen molar-refractivity contribution in [2.75, 3.05) is 0 Å². The fraction of sp³-hybridized carbons (Fsp3) is 0.450. The van der Waals surface area contributed by atoms with Crippen LogP contribution < -0.4 is 0 Å². The second-order valence-electron chi connectivity index (χ2n) is 7.98. The first-order chi connectivity index (χ1) is 12.1. The Bertz CT molecular complexity index is 796. The smallest absolute Gasteiger partial charge is 0.398 e. The van der Waals surface area contributed by atoms with Gasteiger partial charge in [0.1, 0.15) is 5.73 Å². The lowest BCUT2D eigenvalue weighted by atomic mass is 9.87. The third-order valence-electron chi connectivity index (χ3n) is 5.09. The van der Waals surface area contributed by atoms with Gasteiger partial charge in [-0.25, -0.2) is 4.39 Å². The average Bonchev–Trinajstić information content (AvgIpc) is 3.07. The van der Waals surface area contributed by atoms with Crippen LogP contribution in [0.5, 0.6) is 0 Å². The Labute approximate surface area is 155 Å². The molecule has 0 atom stereocenters. The monoisotopic (exact) mass is 356 g/mol. The van der Waals surface area contributed by atoms with Crippen molar-refractivity contribution in [3.63, 3.8) is 0 Å². The van der Waals surface area contributed by atoms with Crippen LogP contribution in [0.15, 0.2) is 42.1 Å². The van der Waals surface area contributed by atoms with Gasteiger partial charge in [-0.2, -0.15) is 5.10 Å². The Balaban J connectivity index is 1.94. The predicted molar refractivity (Wildman–Crippen MR) is 103 cm³/mol. The Morgan fingerprint density at radius 1 is 1.12 bits per heavy atom. The molecule has 0 N–H and O–H groups in total. The number of hydrogen-bond donors (Lipinski definition) is 0. The largest absolute Gasteiger partial charge is 0.525 e. The van der Waals surface area contributed by atoms with E-state index in [4.69, 9.17) is 9.31 Å². The SMILES string of the molecule is CC(C)n1nc(-c2ccccc2)cc1C=C(F)B1OC(C)(C)C(C)(C)O1. The summed E-state index contributed by atoms with van der Waals surface area (Å²) in [7, 11) is -1.00. The molecule has 0 amide bonds. The maximum absolute atomic E-state index is 14.9. The quantitative estimate of drug-likeness (QED) is 0.718. The highest BCUT2D eigenvalue weighted by atomic mass is 19.1. The molecule has 0 saturated carbocycles. The summed E-state index contributed by atoms with van der Waals surface area (Å²) in [6, 6.07) is 11.9. The van der Waals surface area contributed by atoms with Crippen LogP contribution >= 0.6 is 0 Å². The molecule has 1 fully saturated rings. The van der Waals surface area contributed by atoms with E-state index in [-0.39, 0.29) is 6.04 Å². The van der Waals surface area contributed by atoms with E-state index in [1.54, 1.807) is 0 Å². The topological polar surface area (TPSA) is 36.3 Å². The molecular weight excluding hydrogens is 330 g/mol. The number of rotatable bonds is 4. The molecule has 0 aliphatic carbocycles. The minimum absolute atomic E-state index is 0.102. The maximum atomic E-state index is 14.9. The Hall–Kier alpha value is -1.92. The zero-order valence-corrected chi connectivity index (χ0v) is 16.3. The molecule has 0 bridgehead atoms. The zero-order valence-electron chi connectivity index (χ0n) is 16.3. The Morgan fingerprint density at radius 3 is 2.23 bits per heavy atom. The van der Waals surface area contributed by atoms with Crippen molar-refractivity contribution in [2.24, 2.45) is 0 Å². The van der Waals surface area contributed by atoms with Gasteiger partial charge in [0.15, 0.2) is 0 Å². The molecule has 0 unspecified atom stereocenters. The summed E-state index contributed by atoms with van der Waals surface area (Å²) in [5.74, 6) is 0. The minimum Gasteiger partial charge on any atom is -0.398 e. The van der Waals surface area contributed by atoms with Crippen LogP contribution in [0.1, 0.15) is 53.3 Å². The lowest BCUT2D eigenvalue weighted by Crippen LogP contribution is -2.41. The fourth-order valence-electron chi connectivity index (χ4n) is 2.85. The van der Waals surface area contributed by atoms with Gasteiger partial charge in [-0.15, -0.1) is 0 Å². The van der Waals surface area contributed by atoms with E-state index in [0.29, 0.717) is 5.69 Å². The van der Waals surface area contributed by atoms with Gasteiger partial charge in [0.2, 0.25) is 0 Å². The van der Waals surface area contributed by atoms with E-state index in [9.17, 15) is 4.39 Å². The van der Waals surface area contributed by atoms with E-state index >= 15 is 0 Å². The molecule has 1 aromatic heterocycles. The van der Waals surface area contributed by atoms with Crippen molar-refractivity contribution < 1.29 is 13.7 Å². The van der Waals surface area contributed by atoms with Crippen LogP contribution in [0.2, 0.25) is 0 Å². The van der Waals surface area contributed by atoms with Crippen LogP contribution in [0, 0.1) is 0 Å². The molecule has 1 saturated heterocycles. The van der Waals surface area contributed by atoms with Crippen LogP contribution in [0.3, 0.4) is 0 Å². The molecule has 2 heterocycles. The number of hydrogen-bond acceptors (Lipinski definition) is 3. The summed E-state index contributed by atoms with van der Waals surface area (Å²) in [6.45, 7) is 11.7. The van der Waals surface area contributed by atoms with Gasteiger partial charge >= 0.3 is 7.12 Å². The third kappa shape index (κ3) is 3.48. The minimum atomic E-state index is -1.00. The normalized spacial score (nSPS) is 19.4. The maximum Gasteiger partial charge on any atom is 0.525 e. The van der Waals surface area contributed by atoms with Crippen molar-refractivity contribution in [3.8, 4) is 11.3 Å². The van der Waals surface area contributed by atoms with Gasteiger partial charge in [0.25, 0.3) is 0 Å². The highest BCUT2D eigenvalue weighted by Crippen LogP contribution is 2.39. The molecule has 0 spiro atoms. The van der Waals surface area contributed by atoms with Crippen LogP contribution in [-0.4, -0.2) is 28.1 Å². The summed E-state index contributed by atoms with van der Waals surface area (Å²) >= 11 is 0. The van der Waals surface area contributed by atoms with Gasteiger partial charge in [-0.05, 0) is 53.7 Å². The molecule has 1 aliphatic rings. The number of nitrogens with zero attached hydrogens (tertiary/aromatic N) is 2. The molecule has 3 rings (SSSR count). The first-order valence-electron chi connectivity index (χ1n) is 8.98. The van der Waals surface area contributed by atoms with Gasteiger partial charge in [0, 0.05) is 11.6 Å². The summed E-state index contributed by atoms with van der Waals surface area (Å²) in [6.07, 6.45) is 1.46. The lowest BCUT2D eigenvalue weighted by Gasteiger charge is -2.32. The second kappa shape index (κ2) is 6.67. The molecule has 1 aliphatic heterocycles. The summed E-state index contributed by atoms with van der Waals surface area (Å²) < 4.78 is 28.3. The summed E-state index contributed by atoms with van der Waals surface area (Å²) in [4.78, 5) is 0. The highest BCUT2D eigenvalue weighted by molar-refractivity contribution is 6.54. The van der Waals surface area contributed by atoms with E-state index in [1.165, 1.54) is 6.08 Å². The molecule has 138 valence electrons. The predicted octanol–water partition coefficient (Wildman–Crippen LogP) is 5.07. The van der Waals surface area contributed by atoms with Crippen molar-refractivity contribution >= 4 is 13.2 Å². The highest BCUT2D eigenvalue weighted by Gasteiger charge is 2.53. The van der Waals surface area contributed by atoms with E-state index in [0.717, 1.165) is 11.3 Å². The number of benzene rings is 1. The van der Waals surface area contributed by atoms with Crippen LogP contribution in [-0.2, 0) is 9.31 Å². The van der Waals surface area contributed by atoms with Gasteiger partial charge < -0.3 is 9.31 Å². The molecule has 1 aromatic carbocycles. The van der Waals surface area contributed by atoms with E-state index in [2.05, 4.69) is 5.10 Å². The van der Waals surface area contributed by atoms with Gasteiger partial charge in [-0.1, -0.05) is 30.3 Å². The van der Waals surface area contributed by atoms with E-state index < -0.39 is 24.0 Å². The molecule has 26 heavy (non-hydrogen) atoms. The first-order valence-corrected chi connectivity index (χ1v) is 8.98.